The van der Waals surface area contributed by atoms with Crippen LogP contribution in [0.15, 0.2) is 33.9 Å². The highest BCUT2D eigenvalue weighted by atomic mass is 32.2. The van der Waals surface area contributed by atoms with E-state index in [2.05, 4.69) is 14.9 Å². The van der Waals surface area contributed by atoms with Crippen molar-refractivity contribution in [3.05, 3.63) is 35.7 Å². The minimum absolute atomic E-state index is 0.0860. The molecule has 1 aliphatic rings. The number of benzene rings is 1. The third-order valence-corrected chi connectivity index (χ3v) is 5.01. The van der Waals surface area contributed by atoms with Gasteiger partial charge in [-0.1, -0.05) is 11.8 Å². The first-order chi connectivity index (χ1) is 11.3. The van der Waals surface area contributed by atoms with Gasteiger partial charge in [0.2, 0.25) is 15.9 Å². The maximum absolute atomic E-state index is 12.4. The van der Waals surface area contributed by atoms with E-state index >= 15 is 0 Å². The molecule has 1 aliphatic carbocycles. The molecule has 0 bridgehead atoms. The second-order valence-electron chi connectivity index (χ2n) is 5.76. The van der Waals surface area contributed by atoms with Crippen LogP contribution in [-0.4, -0.2) is 35.9 Å². The van der Waals surface area contributed by atoms with Gasteiger partial charge in [0.15, 0.2) is 5.78 Å². The zero-order valence-corrected chi connectivity index (χ0v) is 14.9. The molecule has 128 valence electrons. The van der Waals surface area contributed by atoms with E-state index < -0.39 is 10.0 Å². The van der Waals surface area contributed by atoms with E-state index in [-0.39, 0.29) is 11.0 Å². The Morgan fingerprint density at radius 2 is 1.96 bits per heavy atom. The van der Waals surface area contributed by atoms with Crippen LogP contribution in [0.5, 0.6) is 0 Å². The van der Waals surface area contributed by atoms with E-state index in [1.165, 1.54) is 11.8 Å². The van der Waals surface area contributed by atoms with Gasteiger partial charge in [-0.2, -0.15) is 0 Å². The molecule has 24 heavy (non-hydrogen) atoms. The number of rotatable bonds is 7. The maximum Gasteiger partial charge on any atom is 0.277 e. The van der Waals surface area contributed by atoms with Crippen molar-refractivity contribution in [2.45, 2.75) is 36.2 Å². The van der Waals surface area contributed by atoms with E-state index in [9.17, 15) is 13.2 Å². The van der Waals surface area contributed by atoms with Crippen molar-refractivity contribution in [2.24, 2.45) is 0 Å². The fraction of sp³-hybridized carbons (Fsp3) is 0.400. The van der Waals surface area contributed by atoms with Crippen LogP contribution >= 0.6 is 11.8 Å². The quantitative estimate of drug-likeness (QED) is 0.593. The monoisotopic (exact) mass is 367 g/mol. The van der Waals surface area contributed by atoms with Crippen molar-refractivity contribution in [3.63, 3.8) is 0 Å². The molecular formula is C15H17N3O4S2. The molecule has 0 radical (unpaired) electrons. The van der Waals surface area contributed by atoms with E-state index in [0.29, 0.717) is 28.3 Å². The van der Waals surface area contributed by atoms with Crippen molar-refractivity contribution in [2.75, 3.05) is 11.0 Å². The maximum atomic E-state index is 12.4. The lowest BCUT2D eigenvalue weighted by atomic mass is 10.1. The Bertz CT molecular complexity index is 842. The van der Waals surface area contributed by atoms with E-state index in [4.69, 9.17) is 4.42 Å². The lowest BCUT2D eigenvalue weighted by Crippen LogP contribution is -2.14. The molecule has 0 spiro atoms. The van der Waals surface area contributed by atoms with Gasteiger partial charge in [-0.05, 0) is 44.0 Å². The van der Waals surface area contributed by atoms with Crippen LogP contribution in [-0.2, 0) is 10.0 Å². The number of aromatic nitrogens is 2. The number of sulfonamides is 1. The number of nitrogens with zero attached hydrogens (tertiary/aromatic N) is 2. The van der Waals surface area contributed by atoms with Crippen molar-refractivity contribution in [1.29, 1.82) is 0 Å². The minimum Gasteiger partial charge on any atom is -0.416 e. The molecule has 7 nitrogen and oxygen atoms in total. The molecule has 0 unspecified atom stereocenters. The molecule has 1 fully saturated rings. The Hall–Kier alpha value is -1.87. The normalized spacial score (nSPS) is 15.9. The molecule has 1 atom stereocenters. The molecule has 0 saturated heterocycles. The molecule has 1 aromatic heterocycles. The number of hydrogen-bond donors (Lipinski definition) is 1. The van der Waals surface area contributed by atoms with Crippen LogP contribution in [0.4, 0.5) is 5.69 Å². The van der Waals surface area contributed by atoms with Crippen LogP contribution in [0, 0.1) is 0 Å². The summed E-state index contributed by atoms with van der Waals surface area (Å²) in [6.45, 7) is 1.77. The highest BCUT2D eigenvalue weighted by Gasteiger charge is 2.30. The first-order valence-electron chi connectivity index (χ1n) is 7.44. The topological polar surface area (TPSA) is 102 Å². The predicted octanol–water partition coefficient (Wildman–Crippen LogP) is 2.68. The Kier molecular flexibility index (Phi) is 4.64. The molecule has 0 amide bonds. The fourth-order valence-corrected chi connectivity index (χ4v) is 3.45. The standard InChI is InChI=1S/C15H17N3O4S2/c1-9(23-15-17-16-14(22-15)11-3-4-11)13(19)10-5-7-12(8-6-10)18-24(2,20)21/h5-9,11,18H,3-4H2,1-2H3/t9-/m1/s1. The average Bonchev–Trinajstić information content (AvgIpc) is 3.26. The van der Waals surface area contributed by atoms with Gasteiger partial charge in [-0.15, -0.1) is 10.2 Å². The first-order valence-corrected chi connectivity index (χ1v) is 10.2. The fourth-order valence-electron chi connectivity index (χ4n) is 2.12. The molecule has 9 heteroatoms. The summed E-state index contributed by atoms with van der Waals surface area (Å²) in [7, 11) is -3.33. The lowest BCUT2D eigenvalue weighted by Gasteiger charge is -2.09. The summed E-state index contributed by atoms with van der Waals surface area (Å²) in [6, 6.07) is 6.31. The first kappa shape index (κ1) is 17.0. The molecule has 1 saturated carbocycles. The van der Waals surface area contributed by atoms with Crippen LogP contribution in [0.1, 0.15) is 41.9 Å². The number of carbonyl (C=O) groups is 1. The van der Waals surface area contributed by atoms with Gasteiger partial charge in [0, 0.05) is 17.2 Å². The minimum atomic E-state index is -3.33. The third kappa shape index (κ3) is 4.35. The summed E-state index contributed by atoms with van der Waals surface area (Å²) >= 11 is 1.23. The second kappa shape index (κ2) is 6.56. The zero-order valence-electron chi connectivity index (χ0n) is 13.2. The lowest BCUT2D eigenvalue weighted by molar-refractivity contribution is 0.0993. The van der Waals surface area contributed by atoms with E-state index in [1.54, 1.807) is 31.2 Å². The van der Waals surface area contributed by atoms with Crippen molar-refractivity contribution < 1.29 is 17.6 Å². The summed E-state index contributed by atoms with van der Waals surface area (Å²) in [6.07, 6.45) is 3.23. The van der Waals surface area contributed by atoms with Gasteiger partial charge >= 0.3 is 0 Å². The summed E-state index contributed by atoms with van der Waals surface area (Å²) < 4.78 is 30.3. The summed E-state index contributed by atoms with van der Waals surface area (Å²) in [4.78, 5) is 12.4. The number of carbonyl (C=O) groups excluding carboxylic acids is 1. The molecule has 1 heterocycles. The van der Waals surface area contributed by atoms with Gasteiger partial charge in [0.1, 0.15) is 0 Å². The van der Waals surface area contributed by atoms with Crippen LogP contribution in [0.3, 0.4) is 0 Å². The SMILES string of the molecule is C[C@@H](Sc1nnc(C2CC2)o1)C(=O)c1ccc(NS(C)(=O)=O)cc1. The second-order valence-corrected chi connectivity index (χ2v) is 8.80. The van der Waals surface area contributed by atoms with Gasteiger partial charge < -0.3 is 4.42 Å². The molecule has 0 aliphatic heterocycles. The summed E-state index contributed by atoms with van der Waals surface area (Å²) in [5.74, 6) is 0.943. The summed E-state index contributed by atoms with van der Waals surface area (Å²) in [5, 5.41) is 7.97. The number of nitrogens with one attached hydrogen (secondary N) is 1. The molecule has 3 rings (SSSR count). The largest absolute Gasteiger partial charge is 0.416 e. The third-order valence-electron chi connectivity index (χ3n) is 3.47. The Morgan fingerprint density at radius 3 is 2.54 bits per heavy atom. The number of anilines is 1. The smallest absolute Gasteiger partial charge is 0.277 e. The van der Waals surface area contributed by atoms with Gasteiger partial charge in [-0.3, -0.25) is 9.52 Å². The van der Waals surface area contributed by atoms with Crippen LogP contribution in [0.2, 0.25) is 0 Å². The Balaban J connectivity index is 1.63. The molecule has 1 aromatic carbocycles. The number of ketones is 1. The Morgan fingerprint density at radius 1 is 1.29 bits per heavy atom. The number of hydrogen-bond acceptors (Lipinski definition) is 7. The van der Waals surface area contributed by atoms with Crippen molar-refractivity contribution >= 4 is 33.3 Å². The summed E-state index contributed by atoms with van der Waals surface area (Å²) in [5.41, 5.74) is 0.913. The molecular weight excluding hydrogens is 350 g/mol. The van der Waals surface area contributed by atoms with Gasteiger partial charge in [-0.25, -0.2) is 8.42 Å². The van der Waals surface area contributed by atoms with Crippen molar-refractivity contribution in [1.82, 2.24) is 10.2 Å². The predicted molar refractivity (Wildman–Crippen MR) is 90.8 cm³/mol. The van der Waals surface area contributed by atoms with Gasteiger partial charge in [0.25, 0.3) is 5.22 Å². The van der Waals surface area contributed by atoms with Crippen molar-refractivity contribution in [3.8, 4) is 0 Å². The molecule has 2 aromatic rings. The number of thioether (sulfide) groups is 1. The highest BCUT2D eigenvalue weighted by molar-refractivity contribution is 8.00. The zero-order chi connectivity index (χ0) is 17.3. The molecule has 1 N–H and O–H groups in total. The van der Waals surface area contributed by atoms with E-state index in [0.717, 1.165) is 19.1 Å². The van der Waals surface area contributed by atoms with E-state index in [1.807, 2.05) is 0 Å². The average molecular weight is 367 g/mol. The Labute approximate surface area is 144 Å². The number of Topliss-reactive ketones (excluding diaryl/α,β-unsaturated/α-hetero) is 1. The highest BCUT2D eigenvalue weighted by Crippen LogP contribution is 2.40. The van der Waals surface area contributed by atoms with Gasteiger partial charge in [0.05, 0.1) is 11.5 Å². The van der Waals surface area contributed by atoms with Crippen LogP contribution < -0.4 is 4.72 Å². The van der Waals surface area contributed by atoms with Crippen LogP contribution in [0.25, 0.3) is 0 Å².